The maximum Gasteiger partial charge on any atom is 0.315 e. The Morgan fingerprint density at radius 3 is 2.21 bits per heavy atom. The Morgan fingerprint density at radius 1 is 1.00 bits per heavy atom. The number of rotatable bonds is 8. The molecule has 6 nitrogen and oxygen atoms in total. The van der Waals surface area contributed by atoms with Crippen LogP contribution >= 0.6 is 0 Å². The number of hydrogen-bond donors (Lipinski definition) is 2. The molecule has 1 heterocycles. The van der Waals surface area contributed by atoms with E-state index in [4.69, 9.17) is 10.2 Å². The number of carbonyl (C=O) groups is 1. The zero-order valence-electron chi connectivity index (χ0n) is 16.4. The largest absolute Gasteiger partial charge is 0.407 e. The molecule has 3 aromatic rings. The highest BCUT2D eigenvalue weighted by Gasteiger charge is 2.35. The normalized spacial score (nSPS) is 13.3. The minimum atomic E-state index is -0.626. The third-order valence-corrected chi connectivity index (χ3v) is 4.80. The molecule has 0 aliphatic heterocycles. The van der Waals surface area contributed by atoms with E-state index in [0.717, 1.165) is 11.1 Å². The molecule has 0 saturated heterocycles. The Hall–Kier alpha value is -3.15. The molecule has 0 bridgehead atoms. The molecule has 3 rings (SSSR count). The van der Waals surface area contributed by atoms with E-state index in [2.05, 4.69) is 29.4 Å². The highest BCUT2D eigenvalue weighted by Crippen LogP contribution is 2.38. The van der Waals surface area contributed by atoms with Crippen LogP contribution in [0.5, 0.6) is 0 Å². The van der Waals surface area contributed by atoms with Gasteiger partial charge in [-0.15, -0.1) is 5.10 Å². The van der Waals surface area contributed by atoms with Gasteiger partial charge in [-0.1, -0.05) is 73.5 Å². The lowest BCUT2D eigenvalue weighted by atomic mass is 9.80. The van der Waals surface area contributed by atoms with Crippen molar-refractivity contribution in [2.75, 3.05) is 11.9 Å². The molecule has 0 fully saturated rings. The molecule has 2 aromatic carbocycles. The number of aromatic nitrogens is 2. The molecular formula is C22H26N4O2. The number of benzene rings is 2. The van der Waals surface area contributed by atoms with Crippen LogP contribution in [0.15, 0.2) is 59.0 Å². The van der Waals surface area contributed by atoms with E-state index in [1.54, 1.807) is 0 Å². The van der Waals surface area contributed by atoms with Gasteiger partial charge in [0.1, 0.15) is 0 Å². The van der Waals surface area contributed by atoms with Crippen LogP contribution in [0.1, 0.15) is 61.1 Å². The molecule has 0 aliphatic rings. The lowest BCUT2D eigenvalue weighted by Crippen LogP contribution is -2.28. The number of nitrogens with one attached hydrogen (secondary N) is 1. The van der Waals surface area contributed by atoms with Crippen molar-refractivity contribution < 1.29 is 9.21 Å². The first kappa shape index (κ1) is 19.6. The molecule has 6 heteroatoms. The second-order valence-corrected chi connectivity index (χ2v) is 7.07. The average Bonchev–Trinajstić information content (AvgIpc) is 3.15. The predicted molar refractivity (Wildman–Crippen MR) is 109 cm³/mol. The summed E-state index contributed by atoms with van der Waals surface area (Å²) in [5.41, 5.74) is 8.79. The summed E-state index contributed by atoms with van der Waals surface area (Å²) in [6.45, 7) is 6.87. The van der Waals surface area contributed by atoms with E-state index in [0.29, 0.717) is 24.4 Å². The van der Waals surface area contributed by atoms with Gasteiger partial charge in [-0.3, -0.25) is 4.79 Å². The number of nitrogens with zero attached hydrogens (tertiary/aromatic N) is 2. The SMILES string of the molecule is CCNc1nnc([C@H](c2ccccc2)C(C(N)=O)c2ccc(C(C)C)cc2)o1. The van der Waals surface area contributed by atoms with Crippen molar-refractivity contribution in [2.45, 2.75) is 38.5 Å². The van der Waals surface area contributed by atoms with Gasteiger partial charge in [0.2, 0.25) is 11.8 Å². The molecular weight excluding hydrogens is 352 g/mol. The Labute approximate surface area is 165 Å². The number of primary amides is 1. The second kappa shape index (κ2) is 8.69. The number of amides is 1. The molecule has 28 heavy (non-hydrogen) atoms. The van der Waals surface area contributed by atoms with Crippen LogP contribution in [-0.2, 0) is 4.79 Å². The maximum atomic E-state index is 12.6. The minimum Gasteiger partial charge on any atom is -0.407 e. The first-order valence-corrected chi connectivity index (χ1v) is 9.52. The maximum absolute atomic E-state index is 12.6. The van der Waals surface area contributed by atoms with Gasteiger partial charge in [0.05, 0.1) is 11.8 Å². The quantitative estimate of drug-likeness (QED) is 0.617. The van der Waals surface area contributed by atoms with Crippen molar-refractivity contribution in [2.24, 2.45) is 5.73 Å². The molecule has 1 aromatic heterocycles. The fraction of sp³-hybridized carbons (Fsp3) is 0.318. The summed E-state index contributed by atoms with van der Waals surface area (Å²) < 4.78 is 5.81. The summed E-state index contributed by atoms with van der Waals surface area (Å²) in [6.07, 6.45) is 0. The van der Waals surface area contributed by atoms with E-state index < -0.39 is 17.7 Å². The molecule has 0 radical (unpaired) electrons. The Kier molecular flexibility index (Phi) is 6.09. The van der Waals surface area contributed by atoms with Gasteiger partial charge in [-0.05, 0) is 29.5 Å². The van der Waals surface area contributed by atoms with Crippen molar-refractivity contribution in [1.82, 2.24) is 10.2 Å². The second-order valence-electron chi connectivity index (χ2n) is 7.07. The van der Waals surface area contributed by atoms with Crippen LogP contribution in [0.3, 0.4) is 0 Å². The predicted octanol–water partition coefficient (Wildman–Crippen LogP) is 4.03. The lowest BCUT2D eigenvalue weighted by Gasteiger charge is -2.23. The fourth-order valence-corrected chi connectivity index (χ4v) is 3.33. The van der Waals surface area contributed by atoms with Crippen LogP contribution < -0.4 is 11.1 Å². The molecule has 0 saturated carbocycles. The summed E-state index contributed by atoms with van der Waals surface area (Å²) in [6, 6.07) is 18.0. The highest BCUT2D eigenvalue weighted by molar-refractivity contribution is 5.83. The van der Waals surface area contributed by atoms with Crippen LogP contribution in [0, 0.1) is 0 Å². The average molecular weight is 378 g/mol. The van der Waals surface area contributed by atoms with E-state index in [1.807, 2.05) is 61.5 Å². The molecule has 1 amide bonds. The van der Waals surface area contributed by atoms with Gasteiger partial charge in [-0.2, -0.15) is 0 Å². The van der Waals surface area contributed by atoms with Gasteiger partial charge in [-0.25, -0.2) is 0 Å². The van der Waals surface area contributed by atoms with Crippen molar-refractivity contribution in [3.05, 3.63) is 77.2 Å². The first-order chi connectivity index (χ1) is 13.5. The fourth-order valence-electron chi connectivity index (χ4n) is 3.33. The molecule has 146 valence electrons. The van der Waals surface area contributed by atoms with Gasteiger partial charge < -0.3 is 15.5 Å². The van der Waals surface area contributed by atoms with Gasteiger partial charge in [0, 0.05) is 6.54 Å². The van der Waals surface area contributed by atoms with Crippen molar-refractivity contribution >= 4 is 11.9 Å². The zero-order valence-corrected chi connectivity index (χ0v) is 16.4. The van der Waals surface area contributed by atoms with Crippen LogP contribution in [0.25, 0.3) is 0 Å². The Morgan fingerprint density at radius 2 is 1.64 bits per heavy atom. The van der Waals surface area contributed by atoms with Crippen molar-refractivity contribution in [3.8, 4) is 0 Å². The van der Waals surface area contributed by atoms with Crippen LogP contribution in [0.2, 0.25) is 0 Å². The number of anilines is 1. The van der Waals surface area contributed by atoms with Crippen molar-refractivity contribution in [1.29, 1.82) is 0 Å². The zero-order chi connectivity index (χ0) is 20.1. The number of nitrogens with two attached hydrogens (primary N) is 1. The van der Waals surface area contributed by atoms with Crippen LogP contribution in [-0.4, -0.2) is 22.6 Å². The summed E-state index contributed by atoms with van der Waals surface area (Å²) in [5, 5.41) is 11.2. The van der Waals surface area contributed by atoms with Gasteiger partial charge >= 0.3 is 6.01 Å². The molecule has 0 aliphatic carbocycles. The summed E-state index contributed by atoms with van der Waals surface area (Å²) >= 11 is 0. The van der Waals surface area contributed by atoms with E-state index in [9.17, 15) is 4.79 Å². The third-order valence-electron chi connectivity index (χ3n) is 4.80. The van der Waals surface area contributed by atoms with Crippen LogP contribution in [0.4, 0.5) is 6.01 Å². The summed E-state index contributed by atoms with van der Waals surface area (Å²) in [4.78, 5) is 12.6. The van der Waals surface area contributed by atoms with E-state index >= 15 is 0 Å². The monoisotopic (exact) mass is 378 g/mol. The van der Waals surface area contributed by atoms with Crippen molar-refractivity contribution in [3.63, 3.8) is 0 Å². The smallest absolute Gasteiger partial charge is 0.315 e. The molecule has 1 unspecified atom stereocenters. The van der Waals surface area contributed by atoms with Gasteiger partial charge in [0.25, 0.3) is 0 Å². The lowest BCUT2D eigenvalue weighted by molar-refractivity contribution is -0.119. The molecule has 3 N–H and O–H groups in total. The molecule has 2 atom stereocenters. The standard InChI is InChI=1S/C22H26N4O2/c1-4-24-22-26-25-21(28-22)19(16-8-6-5-7-9-16)18(20(23)27)17-12-10-15(11-13-17)14(2)3/h5-14,18-19H,4H2,1-3H3,(H2,23,27)(H,24,26)/t18?,19-/m1/s1. The molecule has 0 spiro atoms. The number of carbonyl (C=O) groups excluding carboxylic acids is 1. The Bertz CT molecular complexity index is 904. The summed E-state index contributed by atoms with van der Waals surface area (Å²) in [5.74, 6) is -0.764. The third kappa shape index (κ3) is 4.22. The van der Waals surface area contributed by atoms with E-state index in [-0.39, 0.29) is 0 Å². The van der Waals surface area contributed by atoms with E-state index in [1.165, 1.54) is 5.56 Å². The summed E-state index contributed by atoms with van der Waals surface area (Å²) in [7, 11) is 0. The highest BCUT2D eigenvalue weighted by atomic mass is 16.4. The number of hydrogen-bond acceptors (Lipinski definition) is 5. The minimum absolute atomic E-state index is 0.330. The Balaban J connectivity index is 2.08. The topological polar surface area (TPSA) is 94.0 Å². The first-order valence-electron chi connectivity index (χ1n) is 9.52. The van der Waals surface area contributed by atoms with Gasteiger partial charge in [0.15, 0.2) is 0 Å².